The highest BCUT2D eigenvalue weighted by Crippen LogP contribution is 2.22. The number of esters is 3. The molecule has 0 amide bonds. The lowest BCUT2D eigenvalue weighted by atomic mass is 9.94. The van der Waals surface area contributed by atoms with E-state index in [1.165, 1.54) is 51.4 Å². The third kappa shape index (κ3) is 29.8. The van der Waals surface area contributed by atoms with Gasteiger partial charge in [-0.15, -0.1) is 0 Å². The van der Waals surface area contributed by atoms with E-state index in [0.29, 0.717) is 38.6 Å². The predicted molar refractivity (Wildman–Crippen MR) is 205 cm³/mol. The standard InChI is InChI=1S/C41H77NO6.CH4/c1-4-6-8-10-18-24-34-46-39(43)28-22-16-12-14-20-26-37(36-48-41(45)38-30-32-42(3)33-31-38)27-21-15-13-17-23-29-40(44)47-35-25-19-11-9-7-5-2;/h37-38H,4-36H2,1-3H3;1H4. The molecule has 1 aliphatic heterocycles. The van der Waals surface area contributed by atoms with Gasteiger partial charge in [0.1, 0.15) is 0 Å². The average molecular weight is 696 g/mol. The molecule has 1 heterocycles. The number of likely N-dealkylation sites (tertiary alicyclic amines) is 1. The van der Waals surface area contributed by atoms with E-state index in [1.807, 2.05) is 0 Å². The van der Waals surface area contributed by atoms with E-state index in [1.54, 1.807) is 0 Å². The molecule has 1 saturated heterocycles. The summed E-state index contributed by atoms with van der Waals surface area (Å²) in [5.41, 5.74) is 0. The molecular weight excluding hydrogens is 614 g/mol. The first kappa shape index (κ1) is 47.4. The number of carbonyl (C=O) groups is 3. The number of rotatable bonds is 33. The molecular formula is C42H81NO6. The van der Waals surface area contributed by atoms with E-state index in [0.717, 1.165) is 129 Å². The molecule has 0 radical (unpaired) electrons. The molecule has 1 fully saturated rings. The maximum atomic E-state index is 12.8. The zero-order valence-corrected chi connectivity index (χ0v) is 31.9. The Bertz CT molecular complexity index is 722. The Morgan fingerprint density at radius 3 is 1.39 bits per heavy atom. The lowest BCUT2D eigenvalue weighted by Gasteiger charge is -2.28. The van der Waals surface area contributed by atoms with Crippen LogP contribution in [0.1, 0.15) is 201 Å². The normalized spacial score (nSPS) is 13.7. The third-order valence-electron chi connectivity index (χ3n) is 10.0. The van der Waals surface area contributed by atoms with Crippen LogP contribution in [-0.2, 0) is 28.6 Å². The Morgan fingerprint density at radius 2 is 0.939 bits per heavy atom. The summed E-state index contributed by atoms with van der Waals surface area (Å²) >= 11 is 0. The van der Waals surface area contributed by atoms with Gasteiger partial charge in [-0.2, -0.15) is 0 Å². The number of hydrogen-bond donors (Lipinski definition) is 0. The van der Waals surface area contributed by atoms with Gasteiger partial charge in [0.2, 0.25) is 0 Å². The molecule has 49 heavy (non-hydrogen) atoms. The first-order valence-corrected chi connectivity index (χ1v) is 20.6. The maximum Gasteiger partial charge on any atom is 0.309 e. The summed E-state index contributed by atoms with van der Waals surface area (Å²) in [6.07, 6.45) is 30.3. The molecule has 0 saturated carbocycles. The molecule has 290 valence electrons. The summed E-state index contributed by atoms with van der Waals surface area (Å²) in [4.78, 5) is 39.1. The molecule has 0 N–H and O–H groups in total. The van der Waals surface area contributed by atoms with Crippen molar-refractivity contribution in [2.24, 2.45) is 11.8 Å². The van der Waals surface area contributed by atoms with Gasteiger partial charge in [0, 0.05) is 12.8 Å². The minimum absolute atomic E-state index is 0. The summed E-state index contributed by atoms with van der Waals surface area (Å²) in [7, 11) is 2.11. The van der Waals surface area contributed by atoms with E-state index in [9.17, 15) is 14.4 Å². The highest BCUT2D eigenvalue weighted by Gasteiger charge is 2.25. The fraction of sp³-hybridized carbons (Fsp3) is 0.929. The van der Waals surface area contributed by atoms with Crippen LogP contribution < -0.4 is 0 Å². The van der Waals surface area contributed by atoms with Gasteiger partial charge in [-0.05, 0) is 77.4 Å². The first-order valence-electron chi connectivity index (χ1n) is 20.6. The number of nitrogens with zero attached hydrogens (tertiary/aromatic N) is 1. The number of unbranched alkanes of at least 4 members (excludes halogenated alkanes) is 18. The lowest BCUT2D eigenvalue weighted by molar-refractivity contribution is -0.151. The van der Waals surface area contributed by atoms with Crippen LogP contribution in [0, 0.1) is 11.8 Å². The molecule has 0 spiro atoms. The van der Waals surface area contributed by atoms with Gasteiger partial charge < -0.3 is 19.1 Å². The monoisotopic (exact) mass is 696 g/mol. The number of ether oxygens (including phenoxy) is 3. The zero-order chi connectivity index (χ0) is 34.9. The molecule has 1 rings (SSSR count). The van der Waals surface area contributed by atoms with Crippen LogP contribution in [0.4, 0.5) is 0 Å². The van der Waals surface area contributed by atoms with Crippen molar-refractivity contribution >= 4 is 17.9 Å². The Kier molecular flexibility index (Phi) is 33.6. The van der Waals surface area contributed by atoms with E-state index in [-0.39, 0.29) is 31.3 Å². The van der Waals surface area contributed by atoms with Crippen molar-refractivity contribution in [1.82, 2.24) is 4.90 Å². The topological polar surface area (TPSA) is 82.1 Å². The second-order valence-electron chi connectivity index (χ2n) is 14.7. The zero-order valence-electron chi connectivity index (χ0n) is 31.9. The smallest absolute Gasteiger partial charge is 0.309 e. The molecule has 7 heteroatoms. The maximum absolute atomic E-state index is 12.8. The molecule has 0 aromatic rings. The van der Waals surface area contributed by atoms with Crippen LogP contribution in [0.15, 0.2) is 0 Å². The lowest BCUT2D eigenvalue weighted by Crippen LogP contribution is -2.34. The van der Waals surface area contributed by atoms with Crippen molar-refractivity contribution in [1.29, 1.82) is 0 Å². The van der Waals surface area contributed by atoms with Crippen molar-refractivity contribution in [2.45, 2.75) is 201 Å². The van der Waals surface area contributed by atoms with Crippen LogP contribution in [-0.4, -0.2) is 62.8 Å². The molecule has 0 unspecified atom stereocenters. The SMILES string of the molecule is C.CCCCCCCCOC(=O)CCCCCCCC(CCCCCCCC(=O)OCCCCCCCC)COC(=O)C1CCN(C)CC1. The van der Waals surface area contributed by atoms with Gasteiger partial charge >= 0.3 is 17.9 Å². The Hall–Kier alpha value is -1.63. The predicted octanol–water partition coefficient (Wildman–Crippen LogP) is 11.4. The summed E-state index contributed by atoms with van der Waals surface area (Å²) < 4.78 is 16.7. The van der Waals surface area contributed by atoms with Crippen molar-refractivity contribution in [3.8, 4) is 0 Å². The van der Waals surface area contributed by atoms with Crippen LogP contribution in [0.25, 0.3) is 0 Å². The first-order chi connectivity index (χ1) is 23.5. The second kappa shape index (κ2) is 34.8. The van der Waals surface area contributed by atoms with E-state index < -0.39 is 0 Å². The average Bonchev–Trinajstić information content (AvgIpc) is 3.08. The van der Waals surface area contributed by atoms with Crippen molar-refractivity contribution in [3.63, 3.8) is 0 Å². The Balaban J connectivity index is 0.0000230. The van der Waals surface area contributed by atoms with Gasteiger partial charge in [-0.1, -0.05) is 137 Å². The van der Waals surface area contributed by atoms with Crippen molar-refractivity contribution < 1.29 is 28.6 Å². The number of carbonyl (C=O) groups excluding carboxylic acids is 3. The van der Waals surface area contributed by atoms with E-state index in [4.69, 9.17) is 14.2 Å². The number of hydrogen-bond acceptors (Lipinski definition) is 7. The van der Waals surface area contributed by atoms with Gasteiger partial charge in [0.25, 0.3) is 0 Å². The van der Waals surface area contributed by atoms with Crippen LogP contribution >= 0.6 is 0 Å². The van der Waals surface area contributed by atoms with E-state index in [2.05, 4.69) is 25.8 Å². The quantitative estimate of drug-likeness (QED) is 0.0384. The Morgan fingerprint density at radius 1 is 0.551 bits per heavy atom. The van der Waals surface area contributed by atoms with Gasteiger partial charge in [-0.25, -0.2) is 0 Å². The Labute approximate surface area is 303 Å². The molecule has 0 aromatic carbocycles. The van der Waals surface area contributed by atoms with Crippen molar-refractivity contribution in [2.75, 3.05) is 40.0 Å². The fourth-order valence-electron chi connectivity index (χ4n) is 6.62. The molecule has 1 aliphatic rings. The minimum atomic E-state index is -0.0431. The largest absolute Gasteiger partial charge is 0.466 e. The van der Waals surface area contributed by atoms with Crippen molar-refractivity contribution in [3.05, 3.63) is 0 Å². The fourth-order valence-corrected chi connectivity index (χ4v) is 6.62. The molecule has 0 aromatic heterocycles. The van der Waals surface area contributed by atoms with E-state index >= 15 is 0 Å². The molecule has 0 bridgehead atoms. The van der Waals surface area contributed by atoms with Crippen LogP contribution in [0.5, 0.6) is 0 Å². The summed E-state index contributed by atoms with van der Waals surface area (Å²) in [6.45, 7) is 8.07. The van der Waals surface area contributed by atoms with Gasteiger partial charge in [0.15, 0.2) is 0 Å². The van der Waals surface area contributed by atoms with Crippen LogP contribution in [0.3, 0.4) is 0 Å². The second-order valence-corrected chi connectivity index (χ2v) is 14.7. The minimum Gasteiger partial charge on any atom is -0.466 e. The van der Waals surface area contributed by atoms with Gasteiger partial charge in [-0.3, -0.25) is 14.4 Å². The summed E-state index contributed by atoms with van der Waals surface area (Å²) in [5, 5.41) is 0. The van der Waals surface area contributed by atoms with Crippen LogP contribution in [0.2, 0.25) is 0 Å². The highest BCUT2D eigenvalue weighted by molar-refractivity contribution is 5.72. The molecule has 7 nitrogen and oxygen atoms in total. The van der Waals surface area contributed by atoms with Gasteiger partial charge in [0.05, 0.1) is 25.7 Å². The number of piperidine rings is 1. The molecule has 0 atom stereocenters. The highest BCUT2D eigenvalue weighted by atomic mass is 16.5. The summed E-state index contributed by atoms with van der Waals surface area (Å²) in [6, 6.07) is 0. The molecule has 0 aliphatic carbocycles. The summed E-state index contributed by atoms with van der Waals surface area (Å²) in [5.74, 6) is 0.378. The third-order valence-corrected chi connectivity index (χ3v) is 10.0.